The van der Waals surface area contributed by atoms with Gasteiger partial charge in [-0.2, -0.15) is 11.8 Å². The molecule has 1 saturated heterocycles. The van der Waals surface area contributed by atoms with Crippen LogP contribution in [0.15, 0.2) is 30.6 Å². The molecule has 0 radical (unpaired) electrons. The number of thioether (sulfide) groups is 1. The number of hydrogen-bond acceptors (Lipinski definition) is 5. The molecule has 1 aromatic carbocycles. The number of benzene rings is 1. The summed E-state index contributed by atoms with van der Waals surface area (Å²) in [6.45, 7) is 5.62. The summed E-state index contributed by atoms with van der Waals surface area (Å²) in [7, 11) is 0. The van der Waals surface area contributed by atoms with Crippen molar-refractivity contribution in [2.24, 2.45) is 0 Å². The van der Waals surface area contributed by atoms with Crippen LogP contribution in [-0.4, -0.2) is 37.3 Å². The Morgan fingerprint density at radius 1 is 1.48 bits per heavy atom. The van der Waals surface area contributed by atoms with E-state index in [1.807, 2.05) is 6.07 Å². The molecule has 0 amide bonds. The smallest absolute Gasteiger partial charge is 0.143 e. The van der Waals surface area contributed by atoms with E-state index in [1.165, 1.54) is 24.2 Å². The summed E-state index contributed by atoms with van der Waals surface area (Å²) in [5.74, 6) is 1.29. The van der Waals surface area contributed by atoms with E-state index in [9.17, 15) is 0 Å². The summed E-state index contributed by atoms with van der Waals surface area (Å²) < 4.78 is 2.08. The van der Waals surface area contributed by atoms with Crippen LogP contribution in [0.4, 0.5) is 0 Å². The number of tetrazole rings is 1. The van der Waals surface area contributed by atoms with Gasteiger partial charge in [0.25, 0.3) is 0 Å². The van der Waals surface area contributed by atoms with E-state index in [2.05, 4.69) is 64.7 Å². The zero-order valence-electron chi connectivity index (χ0n) is 12.5. The fourth-order valence-corrected chi connectivity index (χ4v) is 3.93. The first kappa shape index (κ1) is 14.5. The Balaban J connectivity index is 1.67. The lowest BCUT2D eigenvalue weighted by Crippen LogP contribution is -2.34. The van der Waals surface area contributed by atoms with E-state index in [4.69, 9.17) is 0 Å². The lowest BCUT2D eigenvalue weighted by molar-refractivity contribution is 0.490. The molecular weight excluding hydrogens is 282 g/mol. The van der Waals surface area contributed by atoms with Crippen molar-refractivity contribution >= 4 is 11.8 Å². The zero-order valence-corrected chi connectivity index (χ0v) is 13.3. The summed E-state index contributed by atoms with van der Waals surface area (Å²) in [6.07, 6.45) is 4.27. The summed E-state index contributed by atoms with van der Waals surface area (Å²) >= 11 is 2.09. The molecule has 0 bridgehead atoms. The number of rotatable bonds is 5. The quantitative estimate of drug-likeness (QED) is 0.920. The second-order valence-corrected chi connectivity index (χ2v) is 7.54. The molecule has 112 valence electrons. The third-order valence-electron chi connectivity index (χ3n) is 4.07. The fourth-order valence-electron chi connectivity index (χ4n) is 2.68. The minimum absolute atomic E-state index is 0.319. The number of aromatic nitrogens is 4. The van der Waals surface area contributed by atoms with Gasteiger partial charge >= 0.3 is 0 Å². The first-order valence-electron chi connectivity index (χ1n) is 7.37. The standard InChI is InChI=1S/C15H21N5S/c1-12(16-10-15(2)7-4-8-21-15)13-5-3-6-14(9-13)20-11-17-18-19-20/h3,5-6,9,11-12,16H,4,7-8,10H2,1-2H3. The van der Waals surface area contributed by atoms with Gasteiger partial charge in [-0.25, -0.2) is 4.68 Å². The molecule has 1 aliphatic rings. The van der Waals surface area contributed by atoms with Crippen molar-refractivity contribution in [2.45, 2.75) is 37.5 Å². The molecule has 2 aromatic rings. The molecule has 2 unspecified atom stereocenters. The molecule has 21 heavy (non-hydrogen) atoms. The Morgan fingerprint density at radius 2 is 2.38 bits per heavy atom. The van der Waals surface area contributed by atoms with Crippen LogP contribution < -0.4 is 5.32 Å². The highest BCUT2D eigenvalue weighted by molar-refractivity contribution is 8.00. The topological polar surface area (TPSA) is 55.6 Å². The highest BCUT2D eigenvalue weighted by Crippen LogP contribution is 2.37. The van der Waals surface area contributed by atoms with E-state index >= 15 is 0 Å². The van der Waals surface area contributed by atoms with Crippen LogP contribution in [0.5, 0.6) is 0 Å². The van der Waals surface area contributed by atoms with Gasteiger partial charge in [0.2, 0.25) is 0 Å². The largest absolute Gasteiger partial charge is 0.309 e. The van der Waals surface area contributed by atoms with Crippen molar-refractivity contribution in [1.82, 2.24) is 25.5 Å². The van der Waals surface area contributed by atoms with E-state index < -0.39 is 0 Å². The summed E-state index contributed by atoms with van der Waals surface area (Å²) in [5, 5.41) is 15.0. The Hall–Kier alpha value is -1.40. The first-order chi connectivity index (χ1) is 10.2. The van der Waals surface area contributed by atoms with Crippen molar-refractivity contribution in [3.8, 4) is 5.69 Å². The Morgan fingerprint density at radius 3 is 3.10 bits per heavy atom. The zero-order chi connectivity index (χ0) is 14.7. The van der Waals surface area contributed by atoms with Crippen molar-refractivity contribution in [1.29, 1.82) is 0 Å². The molecule has 2 heterocycles. The van der Waals surface area contributed by atoms with E-state index in [1.54, 1.807) is 11.0 Å². The van der Waals surface area contributed by atoms with Crippen molar-refractivity contribution in [3.05, 3.63) is 36.2 Å². The third kappa shape index (κ3) is 3.44. The van der Waals surface area contributed by atoms with Crippen LogP contribution in [-0.2, 0) is 0 Å². The molecular formula is C15H21N5S. The SMILES string of the molecule is CC(NCC1(C)CCCS1)c1cccc(-n2cnnn2)c1. The molecule has 6 heteroatoms. The minimum Gasteiger partial charge on any atom is -0.309 e. The predicted octanol–water partition coefficient (Wildman–Crippen LogP) is 2.60. The van der Waals surface area contributed by atoms with Crippen LogP contribution in [0.25, 0.3) is 5.69 Å². The van der Waals surface area contributed by atoms with Gasteiger partial charge in [-0.1, -0.05) is 12.1 Å². The monoisotopic (exact) mass is 303 g/mol. The highest BCUT2D eigenvalue weighted by Gasteiger charge is 2.29. The average molecular weight is 303 g/mol. The maximum Gasteiger partial charge on any atom is 0.143 e. The lowest BCUT2D eigenvalue weighted by atomic mass is 10.0. The van der Waals surface area contributed by atoms with E-state index in [0.29, 0.717) is 10.8 Å². The maximum absolute atomic E-state index is 3.94. The van der Waals surface area contributed by atoms with Gasteiger partial charge in [-0.15, -0.1) is 5.10 Å². The van der Waals surface area contributed by atoms with Crippen molar-refractivity contribution < 1.29 is 0 Å². The molecule has 0 spiro atoms. The number of nitrogens with one attached hydrogen (secondary N) is 1. The Kier molecular flexibility index (Phi) is 4.26. The molecule has 1 aliphatic heterocycles. The van der Waals surface area contributed by atoms with Crippen LogP contribution >= 0.6 is 11.8 Å². The first-order valence-corrected chi connectivity index (χ1v) is 8.36. The summed E-state index contributed by atoms with van der Waals surface area (Å²) in [4.78, 5) is 0. The van der Waals surface area contributed by atoms with Crippen molar-refractivity contribution in [2.75, 3.05) is 12.3 Å². The molecule has 5 nitrogen and oxygen atoms in total. The van der Waals surface area contributed by atoms with E-state index in [0.717, 1.165) is 12.2 Å². The van der Waals surface area contributed by atoms with Gasteiger partial charge < -0.3 is 5.32 Å². The molecule has 2 atom stereocenters. The van der Waals surface area contributed by atoms with Crippen molar-refractivity contribution in [3.63, 3.8) is 0 Å². The van der Waals surface area contributed by atoms with Gasteiger partial charge in [-0.05, 0) is 60.6 Å². The van der Waals surface area contributed by atoms with Crippen LogP contribution in [0, 0.1) is 0 Å². The lowest BCUT2D eigenvalue weighted by Gasteiger charge is -2.26. The molecule has 1 N–H and O–H groups in total. The molecule has 0 aliphatic carbocycles. The fraction of sp³-hybridized carbons (Fsp3) is 0.533. The van der Waals surface area contributed by atoms with E-state index in [-0.39, 0.29) is 0 Å². The maximum atomic E-state index is 3.94. The normalized spacial score (nSPS) is 23.3. The van der Waals surface area contributed by atoms with Gasteiger partial charge in [0.15, 0.2) is 0 Å². The second kappa shape index (κ2) is 6.15. The Labute approximate surface area is 129 Å². The summed E-state index contributed by atoms with van der Waals surface area (Å²) in [6, 6.07) is 8.67. The summed E-state index contributed by atoms with van der Waals surface area (Å²) in [5.41, 5.74) is 2.25. The Bertz CT molecular complexity index is 578. The second-order valence-electron chi connectivity index (χ2n) is 5.85. The number of nitrogens with zero attached hydrogens (tertiary/aromatic N) is 4. The molecule has 3 rings (SSSR count). The van der Waals surface area contributed by atoms with Crippen LogP contribution in [0.2, 0.25) is 0 Å². The van der Waals surface area contributed by atoms with Gasteiger partial charge in [0.1, 0.15) is 6.33 Å². The molecule has 0 saturated carbocycles. The van der Waals surface area contributed by atoms with Crippen LogP contribution in [0.3, 0.4) is 0 Å². The van der Waals surface area contributed by atoms with Gasteiger partial charge in [0.05, 0.1) is 5.69 Å². The van der Waals surface area contributed by atoms with Crippen LogP contribution in [0.1, 0.15) is 38.3 Å². The minimum atomic E-state index is 0.319. The van der Waals surface area contributed by atoms with Gasteiger partial charge in [0, 0.05) is 17.3 Å². The molecule has 1 fully saturated rings. The average Bonchev–Trinajstić information content (AvgIpc) is 3.17. The number of hydrogen-bond donors (Lipinski definition) is 1. The highest BCUT2D eigenvalue weighted by atomic mass is 32.2. The molecule has 1 aromatic heterocycles. The van der Waals surface area contributed by atoms with Gasteiger partial charge in [-0.3, -0.25) is 0 Å². The predicted molar refractivity (Wildman–Crippen MR) is 85.7 cm³/mol. The third-order valence-corrected chi connectivity index (χ3v) is 5.60.